The molecule has 0 aliphatic heterocycles. The summed E-state index contributed by atoms with van der Waals surface area (Å²) >= 11 is 0. The van der Waals surface area contributed by atoms with Gasteiger partial charge in [0, 0.05) is 17.5 Å². The molecule has 1 heterocycles. The van der Waals surface area contributed by atoms with Gasteiger partial charge in [-0.2, -0.15) is 0 Å². The lowest BCUT2D eigenvalue weighted by Gasteiger charge is -2.08. The summed E-state index contributed by atoms with van der Waals surface area (Å²) in [6.07, 6.45) is 1.56. The van der Waals surface area contributed by atoms with Crippen LogP contribution in [-0.4, -0.2) is 17.4 Å². The monoisotopic (exact) mass is 279 g/mol. The van der Waals surface area contributed by atoms with E-state index in [-0.39, 0.29) is 12.5 Å². The zero-order valence-electron chi connectivity index (χ0n) is 12.1. The third kappa shape index (κ3) is 3.91. The molecule has 106 valence electrons. The maximum Gasteiger partial charge on any atom is 0.257 e. The van der Waals surface area contributed by atoms with Crippen molar-refractivity contribution < 1.29 is 4.79 Å². The van der Waals surface area contributed by atoms with Crippen molar-refractivity contribution in [3.05, 3.63) is 58.9 Å². The van der Waals surface area contributed by atoms with Crippen LogP contribution in [0.2, 0.25) is 0 Å². The lowest BCUT2D eigenvalue weighted by molar-refractivity contribution is 0.102. The molecule has 0 spiro atoms. The van der Waals surface area contributed by atoms with Crippen molar-refractivity contribution in [1.82, 2.24) is 4.98 Å². The highest BCUT2D eigenvalue weighted by Crippen LogP contribution is 2.17. The second kappa shape index (κ2) is 6.69. The SMILES string of the molecule is Cc1ccc(NC(=O)c2ccc(C)nc2)c(C#CCN)c1. The van der Waals surface area contributed by atoms with Crippen molar-refractivity contribution in [3.8, 4) is 11.8 Å². The summed E-state index contributed by atoms with van der Waals surface area (Å²) in [4.78, 5) is 16.3. The molecule has 4 heteroatoms. The molecular weight excluding hydrogens is 262 g/mol. The van der Waals surface area contributed by atoms with Gasteiger partial charge in [0.2, 0.25) is 0 Å². The number of nitrogens with two attached hydrogens (primary N) is 1. The fourth-order valence-corrected chi connectivity index (χ4v) is 1.81. The molecule has 0 radical (unpaired) electrons. The summed E-state index contributed by atoms with van der Waals surface area (Å²) in [5.41, 5.74) is 9.29. The van der Waals surface area contributed by atoms with Crippen LogP contribution in [-0.2, 0) is 0 Å². The molecule has 3 N–H and O–H groups in total. The number of hydrogen-bond acceptors (Lipinski definition) is 3. The number of nitrogens with one attached hydrogen (secondary N) is 1. The molecule has 2 aromatic rings. The predicted octanol–water partition coefficient (Wildman–Crippen LogP) is 2.26. The van der Waals surface area contributed by atoms with Crippen molar-refractivity contribution in [2.24, 2.45) is 5.73 Å². The van der Waals surface area contributed by atoms with Crippen LogP contribution in [0.4, 0.5) is 5.69 Å². The zero-order valence-corrected chi connectivity index (χ0v) is 12.1. The van der Waals surface area contributed by atoms with Gasteiger partial charge in [-0.25, -0.2) is 0 Å². The molecule has 21 heavy (non-hydrogen) atoms. The second-order valence-electron chi connectivity index (χ2n) is 4.70. The Labute approximate surface area is 124 Å². The van der Waals surface area contributed by atoms with E-state index >= 15 is 0 Å². The first-order valence-corrected chi connectivity index (χ1v) is 6.64. The number of aromatic nitrogens is 1. The molecule has 0 aliphatic carbocycles. The number of carbonyl (C=O) groups excluding carboxylic acids is 1. The van der Waals surface area contributed by atoms with Crippen molar-refractivity contribution in [2.75, 3.05) is 11.9 Å². The molecule has 4 nitrogen and oxygen atoms in total. The molecule has 1 aromatic heterocycles. The molecule has 1 aromatic carbocycles. The highest BCUT2D eigenvalue weighted by molar-refractivity contribution is 6.04. The third-order valence-corrected chi connectivity index (χ3v) is 2.92. The Morgan fingerprint density at radius 1 is 1.29 bits per heavy atom. The lowest BCUT2D eigenvalue weighted by atomic mass is 10.1. The quantitative estimate of drug-likeness (QED) is 0.829. The minimum Gasteiger partial charge on any atom is -0.321 e. The Morgan fingerprint density at radius 2 is 2.10 bits per heavy atom. The molecular formula is C17H17N3O. The summed E-state index contributed by atoms with van der Waals surface area (Å²) in [6.45, 7) is 4.13. The molecule has 0 saturated carbocycles. The predicted molar refractivity (Wildman–Crippen MR) is 84.0 cm³/mol. The number of hydrogen-bond donors (Lipinski definition) is 2. The average Bonchev–Trinajstić information content (AvgIpc) is 2.48. The van der Waals surface area contributed by atoms with Gasteiger partial charge in [-0.05, 0) is 43.7 Å². The van der Waals surface area contributed by atoms with Crippen LogP contribution < -0.4 is 11.1 Å². The Kier molecular flexibility index (Phi) is 4.70. The van der Waals surface area contributed by atoms with Gasteiger partial charge in [-0.1, -0.05) is 17.9 Å². The van der Waals surface area contributed by atoms with Gasteiger partial charge in [-0.15, -0.1) is 0 Å². The topological polar surface area (TPSA) is 68.0 Å². The molecule has 1 amide bonds. The summed E-state index contributed by atoms with van der Waals surface area (Å²) < 4.78 is 0. The summed E-state index contributed by atoms with van der Waals surface area (Å²) in [5.74, 6) is 5.57. The second-order valence-corrected chi connectivity index (χ2v) is 4.70. The largest absolute Gasteiger partial charge is 0.321 e. The summed E-state index contributed by atoms with van der Waals surface area (Å²) in [7, 11) is 0. The average molecular weight is 279 g/mol. The maximum atomic E-state index is 12.2. The molecule has 0 atom stereocenters. The number of anilines is 1. The van der Waals surface area contributed by atoms with Gasteiger partial charge in [-0.3, -0.25) is 9.78 Å². The standard InChI is InChI=1S/C17H17N3O/c1-12-5-8-16(14(10-12)4-3-9-18)20-17(21)15-7-6-13(2)19-11-15/h5-8,10-11H,9,18H2,1-2H3,(H,20,21). The van der Waals surface area contributed by atoms with Crippen molar-refractivity contribution in [1.29, 1.82) is 0 Å². The smallest absolute Gasteiger partial charge is 0.257 e. The van der Waals surface area contributed by atoms with Gasteiger partial charge in [0.1, 0.15) is 0 Å². The highest BCUT2D eigenvalue weighted by atomic mass is 16.1. The van der Waals surface area contributed by atoms with Crippen LogP contribution in [0.15, 0.2) is 36.5 Å². The minimum atomic E-state index is -0.206. The van der Waals surface area contributed by atoms with Crippen LogP contribution in [0.5, 0.6) is 0 Å². The first-order valence-electron chi connectivity index (χ1n) is 6.64. The van der Waals surface area contributed by atoms with E-state index in [0.29, 0.717) is 11.3 Å². The normalized spacial score (nSPS) is 9.67. The van der Waals surface area contributed by atoms with E-state index in [1.165, 1.54) is 0 Å². The van der Waals surface area contributed by atoms with E-state index in [1.807, 2.05) is 32.0 Å². The fourth-order valence-electron chi connectivity index (χ4n) is 1.81. The van der Waals surface area contributed by atoms with E-state index in [1.54, 1.807) is 18.3 Å². The Balaban J connectivity index is 2.26. The first kappa shape index (κ1) is 14.8. The zero-order chi connectivity index (χ0) is 15.2. The number of carbonyl (C=O) groups is 1. The number of benzene rings is 1. The van der Waals surface area contributed by atoms with Crippen LogP contribution in [0.3, 0.4) is 0 Å². The number of aryl methyl sites for hydroxylation is 2. The number of pyridine rings is 1. The molecule has 0 fully saturated rings. The molecule has 0 bridgehead atoms. The van der Waals surface area contributed by atoms with E-state index in [0.717, 1.165) is 16.8 Å². The van der Waals surface area contributed by atoms with Gasteiger partial charge in [0.05, 0.1) is 17.8 Å². The van der Waals surface area contributed by atoms with Gasteiger partial charge in [0.25, 0.3) is 5.91 Å². The number of amides is 1. The number of rotatable bonds is 2. The Bertz CT molecular complexity index is 709. The maximum absolute atomic E-state index is 12.2. The summed E-state index contributed by atoms with van der Waals surface area (Å²) in [5, 5.41) is 2.86. The van der Waals surface area contributed by atoms with Crippen LogP contribution in [0, 0.1) is 25.7 Å². The van der Waals surface area contributed by atoms with Gasteiger partial charge >= 0.3 is 0 Å². The van der Waals surface area contributed by atoms with Gasteiger partial charge in [0.15, 0.2) is 0 Å². The minimum absolute atomic E-state index is 0.206. The van der Waals surface area contributed by atoms with E-state index in [9.17, 15) is 4.79 Å². The van der Waals surface area contributed by atoms with E-state index in [2.05, 4.69) is 22.1 Å². The van der Waals surface area contributed by atoms with E-state index in [4.69, 9.17) is 5.73 Å². The molecule has 0 aliphatic rings. The highest BCUT2D eigenvalue weighted by Gasteiger charge is 2.08. The Hall–Kier alpha value is -2.64. The van der Waals surface area contributed by atoms with Gasteiger partial charge < -0.3 is 11.1 Å². The number of nitrogens with zero attached hydrogens (tertiary/aromatic N) is 1. The van der Waals surface area contributed by atoms with Crippen LogP contribution >= 0.6 is 0 Å². The first-order chi connectivity index (χ1) is 10.1. The molecule has 2 rings (SSSR count). The van der Waals surface area contributed by atoms with Crippen LogP contribution in [0.1, 0.15) is 27.2 Å². The van der Waals surface area contributed by atoms with Crippen molar-refractivity contribution >= 4 is 11.6 Å². The Morgan fingerprint density at radius 3 is 2.76 bits per heavy atom. The fraction of sp³-hybridized carbons (Fsp3) is 0.176. The van der Waals surface area contributed by atoms with Crippen molar-refractivity contribution in [3.63, 3.8) is 0 Å². The van der Waals surface area contributed by atoms with Crippen LogP contribution in [0.25, 0.3) is 0 Å². The molecule has 0 unspecified atom stereocenters. The summed E-state index contributed by atoms with van der Waals surface area (Å²) in [6, 6.07) is 9.24. The molecule has 0 saturated heterocycles. The van der Waals surface area contributed by atoms with Crippen molar-refractivity contribution in [2.45, 2.75) is 13.8 Å². The lowest BCUT2D eigenvalue weighted by Crippen LogP contribution is -2.13. The third-order valence-electron chi connectivity index (χ3n) is 2.92. The van der Waals surface area contributed by atoms with E-state index < -0.39 is 0 Å².